The fraction of sp³-hybridized carbons (Fsp3) is 0.273. The summed E-state index contributed by atoms with van der Waals surface area (Å²) in [6.07, 6.45) is 1.17. The minimum absolute atomic E-state index is 0.230. The molecular weight excluding hydrogens is 192 g/mol. The van der Waals surface area contributed by atoms with Crippen molar-refractivity contribution in [1.29, 1.82) is 0 Å². The first-order valence-electron chi connectivity index (χ1n) is 4.90. The molecule has 0 fully saturated rings. The highest BCUT2D eigenvalue weighted by atomic mass is 16.3. The Bertz CT molecular complexity index is 439. The Morgan fingerprint density at radius 2 is 2.07 bits per heavy atom. The van der Waals surface area contributed by atoms with E-state index in [2.05, 4.69) is 5.43 Å². The number of nitrogens with one attached hydrogen (secondary N) is 1. The second-order valence-electron chi connectivity index (χ2n) is 3.44. The van der Waals surface area contributed by atoms with Crippen LogP contribution in [0.5, 0.6) is 0 Å². The summed E-state index contributed by atoms with van der Waals surface area (Å²) in [6.45, 7) is 0.0986. The van der Waals surface area contributed by atoms with Gasteiger partial charge in [-0.15, -0.1) is 0 Å². The summed E-state index contributed by atoms with van der Waals surface area (Å²) < 4.78 is 1.84. The molecule has 4 heteroatoms. The first kappa shape index (κ1) is 10.0. The molecule has 2 aromatic rings. The zero-order chi connectivity index (χ0) is 10.7. The van der Waals surface area contributed by atoms with Crippen LogP contribution in [0.3, 0.4) is 0 Å². The third kappa shape index (κ3) is 2.11. The predicted molar refractivity (Wildman–Crippen MR) is 59.3 cm³/mol. The van der Waals surface area contributed by atoms with Gasteiger partial charge in [-0.1, -0.05) is 18.2 Å². The zero-order valence-corrected chi connectivity index (χ0v) is 8.30. The van der Waals surface area contributed by atoms with Gasteiger partial charge in [0.05, 0.1) is 24.8 Å². The summed E-state index contributed by atoms with van der Waals surface area (Å²) >= 11 is 0. The molecule has 1 aromatic heterocycles. The Balaban J connectivity index is 2.14. The van der Waals surface area contributed by atoms with Crippen molar-refractivity contribution in [3.63, 3.8) is 0 Å². The van der Waals surface area contributed by atoms with Gasteiger partial charge >= 0.3 is 0 Å². The van der Waals surface area contributed by atoms with E-state index in [-0.39, 0.29) is 6.61 Å². The van der Waals surface area contributed by atoms with Crippen LogP contribution in [0.15, 0.2) is 36.5 Å². The van der Waals surface area contributed by atoms with E-state index in [4.69, 9.17) is 5.11 Å². The minimum atomic E-state index is -0.730. The van der Waals surface area contributed by atoms with Gasteiger partial charge in [0.15, 0.2) is 0 Å². The van der Waals surface area contributed by atoms with Gasteiger partial charge in [-0.2, -0.15) is 0 Å². The normalized spacial score (nSPS) is 12.9. The van der Waals surface area contributed by atoms with E-state index in [0.29, 0.717) is 6.54 Å². The summed E-state index contributed by atoms with van der Waals surface area (Å²) in [5.41, 5.74) is 4.08. The molecule has 0 radical (unpaired) electrons. The quantitative estimate of drug-likeness (QED) is 0.684. The Morgan fingerprint density at radius 1 is 1.27 bits per heavy atom. The molecule has 1 aromatic carbocycles. The molecule has 0 spiro atoms. The molecule has 4 nitrogen and oxygen atoms in total. The van der Waals surface area contributed by atoms with Gasteiger partial charge < -0.3 is 15.6 Å². The number of nitrogens with zero attached hydrogens (tertiary/aromatic N) is 1. The minimum Gasteiger partial charge on any atom is -0.394 e. The molecule has 15 heavy (non-hydrogen) atoms. The molecule has 0 saturated heterocycles. The van der Waals surface area contributed by atoms with Gasteiger partial charge in [0, 0.05) is 11.6 Å². The van der Waals surface area contributed by atoms with Gasteiger partial charge in [-0.3, -0.25) is 4.68 Å². The largest absolute Gasteiger partial charge is 0.394 e. The Labute approximate surface area is 87.7 Å². The average Bonchev–Trinajstić information content (AvgIpc) is 2.69. The van der Waals surface area contributed by atoms with Crippen molar-refractivity contribution in [3.8, 4) is 0 Å². The van der Waals surface area contributed by atoms with Crippen molar-refractivity contribution >= 4 is 10.9 Å². The summed E-state index contributed by atoms with van der Waals surface area (Å²) in [5.74, 6) is 0. The van der Waals surface area contributed by atoms with Gasteiger partial charge in [-0.05, 0) is 12.1 Å². The third-order valence-corrected chi connectivity index (χ3v) is 2.31. The van der Waals surface area contributed by atoms with Crippen molar-refractivity contribution in [1.82, 2.24) is 4.68 Å². The molecule has 1 atom stereocenters. The highest BCUT2D eigenvalue weighted by Gasteiger charge is 2.02. The number of benzene rings is 1. The van der Waals surface area contributed by atoms with Crippen LogP contribution < -0.4 is 5.43 Å². The fourth-order valence-electron chi connectivity index (χ4n) is 1.49. The van der Waals surface area contributed by atoms with Crippen LogP contribution in [0.4, 0.5) is 0 Å². The van der Waals surface area contributed by atoms with Crippen molar-refractivity contribution < 1.29 is 10.2 Å². The smallest absolute Gasteiger partial charge is 0.0958 e. The van der Waals surface area contributed by atoms with E-state index in [9.17, 15) is 5.11 Å². The molecule has 2 rings (SSSR count). The number of fused-ring (bicyclic) bond motifs is 1. The maximum Gasteiger partial charge on any atom is 0.0958 e. The number of rotatable bonds is 4. The van der Waals surface area contributed by atoms with Crippen LogP contribution in [0.25, 0.3) is 10.9 Å². The number of aromatic nitrogens is 1. The van der Waals surface area contributed by atoms with Crippen molar-refractivity contribution in [2.75, 3.05) is 18.6 Å². The summed E-state index contributed by atoms with van der Waals surface area (Å²) in [7, 11) is 0. The fourth-order valence-corrected chi connectivity index (χ4v) is 1.49. The van der Waals surface area contributed by atoms with Crippen LogP contribution >= 0.6 is 0 Å². The summed E-state index contributed by atoms with van der Waals surface area (Å²) in [6, 6.07) is 9.95. The molecule has 0 aliphatic heterocycles. The average molecular weight is 206 g/mol. The Hall–Kier alpha value is -1.52. The van der Waals surface area contributed by atoms with Crippen LogP contribution in [0.2, 0.25) is 0 Å². The Kier molecular flexibility index (Phi) is 2.89. The SMILES string of the molecule is OCC(O)CNn1ccc2ccccc21. The topological polar surface area (TPSA) is 57.4 Å². The van der Waals surface area contributed by atoms with Crippen LogP contribution in [-0.2, 0) is 0 Å². The van der Waals surface area contributed by atoms with Crippen molar-refractivity contribution in [3.05, 3.63) is 36.5 Å². The van der Waals surface area contributed by atoms with E-state index in [1.807, 2.05) is 41.2 Å². The standard InChI is InChI=1S/C11H14N2O2/c14-8-10(15)7-12-13-6-5-9-3-1-2-4-11(9)13/h1-6,10,12,14-15H,7-8H2. The summed E-state index contributed by atoms with van der Waals surface area (Å²) in [4.78, 5) is 0. The van der Waals surface area contributed by atoms with Gasteiger partial charge in [-0.25, -0.2) is 0 Å². The number of aliphatic hydroxyl groups is 2. The second-order valence-corrected chi connectivity index (χ2v) is 3.44. The summed E-state index contributed by atoms with van der Waals surface area (Å²) in [5, 5.41) is 19.0. The van der Waals surface area contributed by atoms with Crippen molar-refractivity contribution in [2.45, 2.75) is 6.10 Å². The monoisotopic (exact) mass is 206 g/mol. The maximum absolute atomic E-state index is 9.20. The number of aliphatic hydroxyl groups excluding tert-OH is 2. The number of hydrogen-bond donors (Lipinski definition) is 3. The lowest BCUT2D eigenvalue weighted by atomic mass is 10.3. The lowest BCUT2D eigenvalue weighted by Crippen LogP contribution is -2.28. The predicted octanol–water partition coefficient (Wildman–Crippen LogP) is 0.538. The first-order valence-corrected chi connectivity index (χ1v) is 4.90. The van der Waals surface area contributed by atoms with E-state index in [1.54, 1.807) is 0 Å². The molecule has 80 valence electrons. The van der Waals surface area contributed by atoms with Crippen LogP contribution in [0, 0.1) is 0 Å². The van der Waals surface area contributed by atoms with Crippen LogP contribution in [0.1, 0.15) is 0 Å². The molecule has 0 aliphatic rings. The maximum atomic E-state index is 9.20. The van der Waals surface area contributed by atoms with Gasteiger partial charge in [0.2, 0.25) is 0 Å². The molecule has 1 unspecified atom stereocenters. The molecule has 1 heterocycles. The molecule has 0 amide bonds. The first-order chi connectivity index (χ1) is 7.31. The molecular formula is C11H14N2O2. The lowest BCUT2D eigenvalue weighted by Gasteiger charge is -2.12. The molecule has 0 aliphatic carbocycles. The third-order valence-electron chi connectivity index (χ3n) is 2.31. The molecule has 0 saturated carbocycles. The Morgan fingerprint density at radius 3 is 2.87 bits per heavy atom. The van der Waals surface area contributed by atoms with Gasteiger partial charge in [0.1, 0.15) is 0 Å². The zero-order valence-electron chi connectivity index (χ0n) is 8.30. The van der Waals surface area contributed by atoms with Gasteiger partial charge in [0.25, 0.3) is 0 Å². The van der Waals surface area contributed by atoms with Crippen molar-refractivity contribution in [2.24, 2.45) is 0 Å². The highest BCUT2D eigenvalue weighted by molar-refractivity contribution is 5.80. The van der Waals surface area contributed by atoms with E-state index in [1.165, 1.54) is 0 Å². The van der Waals surface area contributed by atoms with E-state index in [0.717, 1.165) is 10.9 Å². The molecule has 3 N–H and O–H groups in total. The van der Waals surface area contributed by atoms with E-state index >= 15 is 0 Å². The lowest BCUT2D eigenvalue weighted by molar-refractivity contribution is 0.103. The number of hydrogen-bond acceptors (Lipinski definition) is 3. The van der Waals surface area contributed by atoms with E-state index < -0.39 is 6.10 Å². The van der Waals surface area contributed by atoms with Crippen LogP contribution in [-0.4, -0.2) is 34.1 Å². The highest BCUT2D eigenvalue weighted by Crippen LogP contribution is 2.13. The number of para-hydroxylation sites is 1. The second kappa shape index (κ2) is 4.33. The molecule has 0 bridgehead atoms.